The third-order valence-electron chi connectivity index (χ3n) is 3.05. The Bertz CT molecular complexity index is 526. The van der Waals surface area contributed by atoms with E-state index in [2.05, 4.69) is 0 Å². The maximum Gasteiger partial charge on any atom is 0.292 e. The van der Waals surface area contributed by atoms with Crippen molar-refractivity contribution in [2.24, 2.45) is 0 Å². The number of aliphatic hydroxyl groups is 1. The molecule has 19 heavy (non-hydrogen) atoms. The van der Waals surface area contributed by atoms with Gasteiger partial charge in [0.15, 0.2) is 0 Å². The van der Waals surface area contributed by atoms with Crippen LogP contribution in [0.1, 0.15) is 5.56 Å². The molecule has 0 aliphatic carbocycles. The molecule has 1 aromatic carbocycles. The molecule has 1 aliphatic heterocycles. The van der Waals surface area contributed by atoms with Gasteiger partial charge in [0.05, 0.1) is 42.4 Å². The highest BCUT2D eigenvalue weighted by Gasteiger charge is 2.28. The third kappa shape index (κ3) is 2.65. The van der Waals surface area contributed by atoms with Crippen LogP contribution in [0.15, 0.2) is 18.2 Å². The maximum atomic E-state index is 11.1. The number of ether oxygens (including phenoxy) is 1. The van der Waals surface area contributed by atoms with Gasteiger partial charge in [-0.1, -0.05) is 0 Å². The molecule has 0 bridgehead atoms. The van der Waals surface area contributed by atoms with Crippen LogP contribution in [0, 0.1) is 21.4 Å². The van der Waals surface area contributed by atoms with E-state index in [1.807, 2.05) is 6.07 Å². The molecule has 100 valence electrons. The van der Waals surface area contributed by atoms with Gasteiger partial charge in [0, 0.05) is 12.6 Å². The van der Waals surface area contributed by atoms with Crippen LogP contribution < -0.4 is 4.90 Å². The SMILES string of the molecule is N#Cc1ccc([N+](=O)[O-])c(N2CCOCC2CO)c1. The first kappa shape index (κ1) is 13.3. The molecule has 0 spiro atoms. The molecular weight excluding hydrogens is 250 g/mol. The molecule has 2 rings (SSSR count). The van der Waals surface area contributed by atoms with E-state index in [9.17, 15) is 15.2 Å². The molecule has 1 atom stereocenters. The lowest BCUT2D eigenvalue weighted by Crippen LogP contribution is -2.47. The van der Waals surface area contributed by atoms with Crippen molar-refractivity contribution in [3.63, 3.8) is 0 Å². The number of anilines is 1. The number of hydrogen-bond acceptors (Lipinski definition) is 6. The minimum Gasteiger partial charge on any atom is -0.394 e. The molecule has 0 radical (unpaired) electrons. The van der Waals surface area contributed by atoms with Crippen LogP contribution in [0.25, 0.3) is 0 Å². The molecular formula is C12H13N3O4. The van der Waals surface area contributed by atoms with Crippen LogP contribution >= 0.6 is 0 Å². The number of hydrogen-bond donors (Lipinski definition) is 1. The summed E-state index contributed by atoms with van der Waals surface area (Å²) in [4.78, 5) is 12.3. The van der Waals surface area contributed by atoms with Gasteiger partial charge in [0.1, 0.15) is 5.69 Å². The smallest absolute Gasteiger partial charge is 0.292 e. The largest absolute Gasteiger partial charge is 0.394 e. The average molecular weight is 263 g/mol. The Morgan fingerprint density at radius 3 is 3.05 bits per heavy atom. The predicted molar refractivity (Wildman–Crippen MR) is 66.9 cm³/mol. The highest BCUT2D eigenvalue weighted by atomic mass is 16.6. The zero-order valence-corrected chi connectivity index (χ0v) is 10.2. The number of aliphatic hydroxyl groups excluding tert-OH is 1. The fourth-order valence-corrected chi connectivity index (χ4v) is 2.10. The number of nitriles is 1. The van der Waals surface area contributed by atoms with Gasteiger partial charge in [-0.15, -0.1) is 0 Å². The van der Waals surface area contributed by atoms with Crippen molar-refractivity contribution in [3.8, 4) is 6.07 Å². The van der Waals surface area contributed by atoms with Crippen molar-refractivity contribution < 1.29 is 14.8 Å². The van der Waals surface area contributed by atoms with Gasteiger partial charge in [0.25, 0.3) is 5.69 Å². The van der Waals surface area contributed by atoms with Crippen LogP contribution in [0.5, 0.6) is 0 Å². The van der Waals surface area contributed by atoms with Gasteiger partial charge in [-0.05, 0) is 12.1 Å². The molecule has 1 aromatic rings. The number of rotatable bonds is 3. The first-order chi connectivity index (χ1) is 9.17. The van der Waals surface area contributed by atoms with E-state index >= 15 is 0 Å². The van der Waals surface area contributed by atoms with E-state index < -0.39 is 4.92 Å². The Hall–Kier alpha value is -2.17. The summed E-state index contributed by atoms with van der Waals surface area (Å²) in [5.74, 6) is 0. The van der Waals surface area contributed by atoms with Crippen molar-refractivity contribution in [1.82, 2.24) is 0 Å². The Balaban J connectivity index is 2.46. The minimum absolute atomic E-state index is 0.0700. The molecule has 1 fully saturated rings. The summed E-state index contributed by atoms with van der Waals surface area (Å²) in [7, 11) is 0. The van der Waals surface area contributed by atoms with Gasteiger partial charge < -0.3 is 14.7 Å². The maximum absolute atomic E-state index is 11.1. The Labute approximate surface area is 109 Å². The van der Waals surface area contributed by atoms with Crippen molar-refractivity contribution in [1.29, 1.82) is 5.26 Å². The van der Waals surface area contributed by atoms with Gasteiger partial charge >= 0.3 is 0 Å². The lowest BCUT2D eigenvalue weighted by atomic mass is 10.1. The number of nitro groups is 1. The summed E-state index contributed by atoms with van der Waals surface area (Å²) in [5.41, 5.74) is 0.634. The van der Waals surface area contributed by atoms with E-state index in [0.717, 1.165) is 0 Å². The standard InChI is InChI=1S/C12H13N3O4/c13-6-9-1-2-11(15(17)18)12(5-9)14-3-4-19-8-10(14)7-16/h1-2,5,10,16H,3-4,7-8H2. The van der Waals surface area contributed by atoms with Gasteiger partial charge in [0.2, 0.25) is 0 Å². The van der Waals surface area contributed by atoms with E-state index in [4.69, 9.17) is 10.00 Å². The number of morpholine rings is 1. The molecule has 1 aliphatic rings. The monoisotopic (exact) mass is 263 g/mol. The van der Waals surface area contributed by atoms with Crippen molar-refractivity contribution in [3.05, 3.63) is 33.9 Å². The second kappa shape index (κ2) is 5.65. The topological polar surface area (TPSA) is 99.6 Å². The lowest BCUT2D eigenvalue weighted by molar-refractivity contribution is -0.384. The molecule has 1 N–H and O–H groups in total. The fourth-order valence-electron chi connectivity index (χ4n) is 2.10. The summed E-state index contributed by atoms with van der Waals surface area (Å²) in [6, 6.07) is 5.84. The van der Waals surface area contributed by atoms with E-state index in [1.54, 1.807) is 4.90 Å². The molecule has 0 aromatic heterocycles. The Morgan fingerprint density at radius 1 is 1.63 bits per heavy atom. The highest BCUT2D eigenvalue weighted by molar-refractivity contribution is 5.66. The van der Waals surface area contributed by atoms with Crippen molar-refractivity contribution >= 4 is 11.4 Å². The molecule has 7 heteroatoms. The Morgan fingerprint density at radius 2 is 2.42 bits per heavy atom. The molecule has 0 saturated carbocycles. The van der Waals surface area contributed by atoms with Gasteiger partial charge in [-0.2, -0.15) is 5.26 Å². The molecule has 1 heterocycles. The van der Waals surface area contributed by atoms with Crippen LogP contribution in [-0.4, -0.2) is 42.4 Å². The zero-order chi connectivity index (χ0) is 13.8. The fraction of sp³-hybridized carbons (Fsp3) is 0.417. The normalized spacial score (nSPS) is 18.9. The van der Waals surface area contributed by atoms with Crippen LogP contribution in [0.2, 0.25) is 0 Å². The first-order valence-electron chi connectivity index (χ1n) is 5.81. The lowest BCUT2D eigenvalue weighted by Gasteiger charge is -2.35. The molecule has 1 saturated heterocycles. The quantitative estimate of drug-likeness (QED) is 0.635. The second-order valence-electron chi connectivity index (χ2n) is 4.18. The van der Waals surface area contributed by atoms with Crippen LogP contribution in [0.4, 0.5) is 11.4 Å². The van der Waals surface area contributed by atoms with Crippen LogP contribution in [-0.2, 0) is 4.74 Å². The Kier molecular flexibility index (Phi) is 3.94. The molecule has 0 amide bonds. The highest BCUT2D eigenvalue weighted by Crippen LogP contribution is 2.31. The number of nitrogens with zero attached hydrogens (tertiary/aromatic N) is 3. The average Bonchev–Trinajstić information content (AvgIpc) is 2.46. The van der Waals surface area contributed by atoms with Gasteiger partial charge in [-0.3, -0.25) is 10.1 Å². The number of nitro benzene ring substituents is 1. The summed E-state index contributed by atoms with van der Waals surface area (Å²) >= 11 is 0. The summed E-state index contributed by atoms with van der Waals surface area (Å²) in [6.45, 7) is 1.03. The minimum atomic E-state index is -0.486. The predicted octanol–water partition coefficient (Wildman–Crippen LogP) is 0.664. The summed E-state index contributed by atoms with van der Waals surface area (Å²) in [6.07, 6.45) is 0. The van der Waals surface area contributed by atoms with E-state index in [1.165, 1.54) is 18.2 Å². The summed E-state index contributed by atoms with van der Waals surface area (Å²) < 4.78 is 5.25. The molecule has 1 unspecified atom stereocenters. The third-order valence-corrected chi connectivity index (χ3v) is 3.05. The van der Waals surface area contributed by atoms with Crippen molar-refractivity contribution in [2.75, 3.05) is 31.3 Å². The zero-order valence-electron chi connectivity index (χ0n) is 10.2. The molecule has 7 nitrogen and oxygen atoms in total. The van der Waals surface area contributed by atoms with Crippen molar-refractivity contribution in [2.45, 2.75) is 6.04 Å². The second-order valence-corrected chi connectivity index (χ2v) is 4.18. The number of benzene rings is 1. The van der Waals surface area contributed by atoms with E-state index in [-0.39, 0.29) is 18.3 Å². The van der Waals surface area contributed by atoms with Crippen LogP contribution in [0.3, 0.4) is 0 Å². The summed E-state index contributed by atoms with van der Waals surface area (Å²) in [5, 5.41) is 29.3. The first-order valence-corrected chi connectivity index (χ1v) is 5.81. The van der Waals surface area contributed by atoms with Gasteiger partial charge in [-0.25, -0.2) is 0 Å². The van der Waals surface area contributed by atoms with E-state index in [0.29, 0.717) is 31.0 Å².